The minimum atomic E-state index is -0.243. The van der Waals surface area contributed by atoms with Gasteiger partial charge in [-0.25, -0.2) is 4.98 Å². The number of anilines is 2. The predicted molar refractivity (Wildman–Crippen MR) is 88.6 cm³/mol. The SMILES string of the molecule is CCC(C)Nc1ccc(NC(=O)c2ccccc2OC)nc1. The van der Waals surface area contributed by atoms with E-state index in [1.165, 1.54) is 0 Å². The molecule has 0 spiro atoms. The Morgan fingerprint density at radius 3 is 2.68 bits per heavy atom. The molecule has 1 atom stereocenters. The van der Waals surface area contributed by atoms with Crippen molar-refractivity contribution < 1.29 is 9.53 Å². The number of aromatic nitrogens is 1. The average Bonchev–Trinajstić information content (AvgIpc) is 2.56. The number of hydrogen-bond acceptors (Lipinski definition) is 4. The predicted octanol–water partition coefficient (Wildman–Crippen LogP) is 3.55. The molecule has 0 fully saturated rings. The number of methoxy groups -OCH3 is 1. The maximum absolute atomic E-state index is 12.3. The molecule has 1 heterocycles. The van der Waals surface area contributed by atoms with Crippen LogP contribution in [-0.4, -0.2) is 24.0 Å². The fraction of sp³-hybridized carbons (Fsp3) is 0.294. The van der Waals surface area contributed by atoms with E-state index in [9.17, 15) is 4.79 Å². The summed E-state index contributed by atoms with van der Waals surface area (Å²) in [5.74, 6) is 0.799. The van der Waals surface area contributed by atoms with Gasteiger partial charge in [0.15, 0.2) is 0 Å². The highest BCUT2D eigenvalue weighted by atomic mass is 16.5. The summed E-state index contributed by atoms with van der Waals surface area (Å²) in [6.07, 6.45) is 2.75. The van der Waals surface area contributed by atoms with Gasteiger partial charge in [-0.15, -0.1) is 0 Å². The van der Waals surface area contributed by atoms with Gasteiger partial charge in [0.25, 0.3) is 5.91 Å². The molecule has 1 aromatic carbocycles. The summed E-state index contributed by atoms with van der Waals surface area (Å²) in [6, 6.07) is 11.1. The number of carbonyl (C=O) groups is 1. The van der Waals surface area contributed by atoms with Crippen LogP contribution in [0.15, 0.2) is 42.6 Å². The van der Waals surface area contributed by atoms with Crippen LogP contribution in [0, 0.1) is 0 Å². The summed E-state index contributed by atoms with van der Waals surface area (Å²) in [6.45, 7) is 4.23. The van der Waals surface area contributed by atoms with E-state index >= 15 is 0 Å². The number of carbonyl (C=O) groups excluding carboxylic acids is 1. The third kappa shape index (κ3) is 3.97. The van der Waals surface area contributed by atoms with Crippen molar-refractivity contribution in [3.05, 3.63) is 48.2 Å². The van der Waals surface area contributed by atoms with Crippen LogP contribution in [0.3, 0.4) is 0 Å². The number of benzene rings is 1. The lowest BCUT2D eigenvalue weighted by molar-refractivity contribution is 0.102. The Labute approximate surface area is 130 Å². The van der Waals surface area contributed by atoms with Gasteiger partial charge in [0.1, 0.15) is 11.6 Å². The molecule has 1 aromatic heterocycles. The zero-order valence-electron chi connectivity index (χ0n) is 13.1. The second kappa shape index (κ2) is 7.45. The summed E-state index contributed by atoms with van der Waals surface area (Å²) in [5, 5.41) is 6.10. The molecule has 0 saturated heterocycles. The number of nitrogens with one attached hydrogen (secondary N) is 2. The second-order valence-electron chi connectivity index (χ2n) is 5.04. The van der Waals surface area contributed by atoms with E-state index in [0.29, 0.717) is 23.2 Å². The Morgan fingerprint density at radius 1 is 1.27 bits per heavy atom. The molecule has 0 aliphatic heterocycles. The number of nitrogens with zero attached hydrogens (tertiary/aromatic N) is 1. The number of rotatable bonds is 6. The summed E-state index contributed by atoms with van der Waals surface area (Å²) in [7, 11) is 1.54. The molecule has 22 heavy (non-hydrogen) atoms. The van der Waals surface area contributed by atoms with Gasteiger partial charge in [-0.05, 0) is 37.6 Å². The van der Waals surface area contributed by atoms with Gasteiger partial charge >= 0.3 is 0 Å². The van der Waals surface area contributed by atoms with Crippen LogP contribution in [0.1, 0.15) is 30.6 Å². The van der Waals surface area contributed by atoms with E-state index in [0.717, 1.165) is 12.1 Å². The molecular weight excluding hydrogens is 278 g/mol. The van der Waals surface area contributed by atoms with Crippen LogP contribution in [0.4, 0.5) is 11.5 Å². The number of amides is 1. The number of pyridine rings is 1. The lowest BCUT2D eigenvalue weighted by atomic mass is 10.2. The lowest BCUT2D eigenvalue weighted by Crippen LogP contribution is -2.15. The molecule has 0 aliphatic carbocycles. The Kier molecular flexibility index (Phi) is 5.36. The highest BCUT2D eigenvalue weighted by Gasteiger charge is 2.12. The molecule has 5 nitrogen and oxygen atoms in total. The molecule has 0 bridgehead atoms. The highest BCUT2D eigenvalue weighted by molar-refractivity contribution is 6.05. The zero-order chi connectivity index (χ0) is 15.9. The van der Waals surface area contributed by atoms with Crippen molar-refractivity contribution in [1.29, 1.82) is 0 Å². The first-order valence-electron chi connectivity index (χ1n) is 7.31. The van der Waals surface area contributed by atoms with E-state index < -0.39 is 0 Å². The van der Waals surface area contributed by atoms with Crippen molar-refractivity contribution in [2.24, 2.45) is 0 Å². The van der Waals surface area contributed by atoms with Crippen LogP contribution >= 0.6 is 0 Å². The van der Waals surface area contributed by atoms with Gasteiger partial charge in [-0.3, -0.25) is 4.79 Å². The van der Waals surface area contributed by atoms with E-state index in [2.05, 4.69) is 29.5 Å². The number of hydrogen-bond donors (Lipinski definition) is 2. The first-order valence-corrected chi connectivity index (χ1v) is 7.31. The van der Waals surface area contributed by atoms with Crippen LogP contribution in [0.2, 0.25) is 0 Å². The summed E-state index contributed by atoms with van der Waals surface area (Å²) < 4.78 is 5.19. The van der Waals surface area contributed by atoms with Gasteiger partial charge < -0.3 is 15.4 Å². The smallest absolute Gasteiger partial charge is 0.260 e. The maximum atomic E-state index is 12.3. The Morgan fingerprint density at radius 2 is 2.05 bits per heavy atom. The number of para-hydroxylation sites is 1. The molecule has 1 amide bonds. The van der Waals surface area contributed by atoms with Crippen LogP contribution in [-0.2, 0) is 0 Å². The first kappa shape index (κ1) is 15.8. The van der Waals surface area contributed by atoms with Crippen molar-refractivity contribution in [3.63, 3.8) is 0 Å². The monoisotopic (exact) mass is 299 g/mol. The standard InChI is InChI=1S/C17H21N3O2/c1-4-12(2)19-13-9-10-16(18-11-13)20-17(21)14-7-5-6-8-15(14)22-3/h5-12,19H,4H2,1-3H3,(H,18,20,21). The van der Waals surface area contributed by atoms with E-state index in [1.54, 1.807) is 37.6 Å². The van der Waals surface area contributed by atoms with E-state index in [-0.39, 0.29) is 5.91 Å². The van der Waals surface area contributed by atoms with Crippen LogP contribution in [0.5, 0.6) is 5.75 Å². The summed E-state index contributed by atoms with van der Waals surface area (Å²) >= 11 is 0. The molecular formula is C17H21N3O2. The maximum Gasteiger partial charge on any atom is 0.260 e. The minimum absolute atomic E-state index is 0.243. The summed E-state index contributed by atoms with van der Waals surface area (Å²) in [4.78, 5) is 16.5. The third-order valence-corrected chi connectivity index (χ3v) is 3.38. The number of ether oxygens (including phenoxy) is 1. The lowest BCUT2D eigenvalue weighted by Gasteiger charge is -2.13. The molecule has 1 unspecified atom stereocenters. The van der Waals surface area contributed by atoms with Gasteiger partial charge in [0.05, 0.1) is 24.6 Å². The van der Waals surface area contributed by atoms with Gasteiger partial charge in [-0.2, -0.15) is 0 Å². The van der Waals surface area contributed by atoms with Crippen molar-refractivity contribution in [2.45, 2.75) is 26.3 Å². The molecule has 0 saturated carbocycles. The molecule has 116 valence electrons. The normalized spacial score (nSPS) is 11.6. The Bertz CT molecular complexity index is 626. The molecule has 2 rings (SSSR count). The quantitative estimate of drug-likeness (QED) is 0.856. The topological polar surface area (TPSA) is 63.2 Å². The van der Waals surface area contributed by atoms with E-state index in [4.69, 9.17) is 4.74 Å². The van der Waals surface area contributed by atoms with Crippen LogP contribution < -0.4 is 15.4 Å². The second-order valence-corrected chi connectivity index (χ2v) is 5.04. The van der Waals surface area contributed by atoms with Gasteiger partial charge in [0.2, 0.25) is 0 Å². The van der Waals surface area contributed by atoms with Crippen molar-refractivity contribution in [1.82, 2.24) is 4.98 Å². The molecule has 2 N–H and O–H groups in total. The highest BCUT2D eigenvalue weighted by Crippen LogP contribution is 2.19. The minimum Gasteiger partial charge on any atom is -0.496 e. The molecule has 0 aliphatic rings. The fourth-order valence-corrected chi connectivity index (χ4v) is 1.96. The van der Waals surface area contributed by atoms with E-state index in [1.807, 2.05) is 12.1 Å². The van der Waals surface area contributed by atoms with Gasteiger partial charge in [0, 0.05) is 6.04 Å². The largest absolute Gasteiger partial charge is 0.496 e. The average molecular weight is 299 g/mol. The van der Waals surface area contributed by atoms with Crippen molar-refractivity contribution in [2.75, 3.05) is 17.7 Å². The van der Waals surface area contributed by atoms with Crippen molar-refractivity contribution in [3.8, 4) is 5.75 Å². The fourth-order valence-electron chi connectivity index (χ4n) is 1.96. The summed E-state index contributed by atoms with van der Waals surface area (Å²) in [5.41, 5.74) is 1.42. The van der Waals surface area contributed by atoms with Crippen LogP contribution in [0.25, 0.3) is 0 Å². The third-order valence-electron chi connectivity index (χ3n) is 3.38. The molecule has 5 heteroatoms. The molecule has 0 radical (unpaired) electrons. The first-order chi connectivity index (χ1) is 10.6. The van der Waals surface area contributed by atoms with Crippen molar-refractivity contribution >= 4 is 17.4 Å². The Hall–Kier alpha value is -2.56. The Balaban J connectivity index is 2.06. The molecule has 2 aromatic rings. The zero-order valence-corrected chi connectivity index (χ0v) is 13.1. The van der Waals surface area contributed by atoms with Gasteiger partial charge in [-0.1, -0.05) is 19.1 Å².